The highest BCUT2D eigenvalue weighted by atomic mass is 16.5. The molecule has 0 spiro atoms. The van der Waals surface area contributed by atoms with E-state index in [2.05, 4.69) is 15.0 Å². The Labute approximate surface area is 125 Å². The van der Waals surface area contributed by atoms with Crippen molar-refractivity contribution < 1.29 is 14.4 Å². The van der Waals surface area contributed by atoms with Crippen LogP contribution in [0.1, 0.15) is 56.7 Å². The van der Waals surface area contributed by atoms with Crippen LogP contribution in [0.4, 0.5) is 0 Å². The Hall–Kier alpha value is -0.980. The van der Waals surface area contributed by atoms with Gasteiger partial charge in [0.1, 0.15) is 0 Å². The largest absolute Gasteiger partial charge is 0.392 e. The summed E-state index contributed by atoms with van der Waals surface area (Å²) in [5.74, 6) is 1.83. The second kappa shape index (κ2) is 6.85. The van der Waals surface area contributed by atoms with Crippen molar-refractivity contribution in [2.24, 2.45) is 0 Å². The van der Waals surface area contributed by atoms with E-state index in [0.29, 0.717) is 12.5 Å². The van der Waals surface area contributed by atoms with Crippen LogP contribution in [0.2, 0.25) is 0 Å². The fourth-order valence-electron chi connectivity index (χ4n) is 3.38. The van der Waals surface area contributed by atoms with Gasteiger partial charge in [-0.3, -0.25) is 4.90 Å². The van der Waals surface area contributed by atoms with E-state index in [-0.39, 0.29) is 12.1 Å². The minimum Gasteiger partial charge on any atom is -0.392 e. The Morgan fingerprint density at radius 2 is 2.10 bits per heavy atom. The van der Waals surface area contributed by atoms with Crippen LogP contribution in [0.25, 0.3) is 0 Å². The predicted molar refractivity (Wildman–Crippen MR) is 76.8 cm³/mol. The van der Waals surface area contributed by atoms with Crippen LogP contribution in [0.15, 0.2) is 4.52 Å². The molecule has 1 N–H and O–H groups in total. The topological polar surface area (TPSA) is 71.6 Å². The predicted octanol–water partition coefficient (Wildman–Crippen LogP) is 1.70. The van der Waals surface area contributed by atoms with Gasteiger partial charge in [-0.25, -0.2) is 0 Å². The van der Waals surface area contributed by atoms with E-state index in [4.69, 9.17) is 9.26 Å². The average molecular weight is 295 g/mol. The van der Waals surface area contributed by atoms with Crippen molar-refractivity contribution in [1.29, 1.82) is 0 Å². The van der Waals surface area contributed by atoms with Gasteiger partial charge in [-0.15, -0.1) is 0 Å². The van der Waals surface area contributed by atoms with Gasteiger partial charge in [-0.1, -0.05) is 11.6 Å². The van der Waals surface area contributed by atoms with E-state index in [9.17, 15) is 5.11 Å². The van der Waals surface area contributed by atoms with E-state index in [1.165, 1.54) is 12.8 Å². The molecule has 1 aromatic rings. The molecule has 2 saturated heterocycles. The molecule has 0 amide bonds. The van der Waals surface area contributed by atoms with Gasteiger partial charge in [-0.2, -0.15) is 4.98 Å². The number of hydrogen-bond acceptors (Lipinski definition) is 6. The van der Waals surface area contributed by atoms with Gasteiger partial charge in [0.15, 0.2) is 5.82 Å². The van der Waals surface area contributed by atoms with Crippen molar-refractivity contribution in [1.82, 2.24) is 15.0 Å². The van der Waals surface area contributed by atoms with Crippen molar-refractivity contribution in [3.8, 4) is 0 Å². The number of piperidine rings is 1. The van der Waals surface area contributed by atoms with Crippen molar-refractivity contribution in [3.63, 3.8) is 0 Å². The quantitative estimate of drug-likeness (QED) is 0.911. The second-order valence-electron chi connectivity index (χ2n) is 6.21. The maximum Gasteiger partial charge on any atom is 0.229 e. The van der Waals surface area contributed by atoms with Crippen LogP contribution >= 0.6 is 0 Å². The molecule has 3 heterocycles. The van der Waals surface area contributed by atoms with Gasteiger partial charge in [-0.05, 0) is 39.2 Å². The highest BCUT2D eigenvalue weighted by molar-refractivity contribution is 4.96. The molecule has 0 aromatic carbocycles. The van der Waals surface area contributed by atoms with E-state index in [1.807, 2.05) is 6.92 Å². The molecule has 2 aliphatic heterocycles. The number of aromatic nitrogens is 2. The van der Waals surface area contributed by atoms with Crippen molar-refractivity contribution in [2.75, 3.05) is 19.8 Å². The molecule has 1 aromatic heterocycles. The third-order valence-electron chi connectivity index (χ3n) is 4.62. The Balaban J connectivity index is 1.63. The maximum absolute atomic E-state index is 9.91. The molecule has 2 aliphatic rings. The molecule has 2 atom stereocenters. The summed E-state index contributed by atoms with van der Waals surface area (Å²) in [6.45, 7) is 5.09. The molecule has 0 radical (unpaired) electrons. The Morgan fingerprint density at radius 3 is 2.86 bits per heavy atom. The van der Waals surface area contributed by atoms with E-state index >= 15 is 0 Å². The summed E-state index contributed by atoms with van der Waals surface area (Å²) in [6.07, 6.45) is 5.01. The van der Waals surface area contributed by atoms with Crippen LogP contribution in [-0.2, 0) is 11.3 Å². The van der Waals surface area contributed by atoms with Crippen molar-refractivity contribution >= 4 is 0 Å². The van der Waals surface area contributed by atoms with Gasteiger partial charge in [0.05, 0.1) is 12.6 Å². The molecule has 0 aliphatic carbocycles. The summed E-state index contributed by atoms with van der Waals surface area (Å²) >= 11 is 0. The van der Waals surface area contributed by atoms with Gasteiger partial charge in [0.2, 0.25) is 5.89 Å². The van der Waals surface area contributed by atoms with Crippen LogP contribution in [-0.4, -0.2) is 52.1 Å². The molecule has 6 nitrogen and oxygen atoms in total. The molecule has 0 bridgehead atoms. The molecular formula is C15H25N3O3. The number of rotatable bonds is 4. The summed E-state index contributed by atoms with van der Waals surface area (Å²) in [5, 5.41) is 14.0. The zero-order valence-electron chi connectivity index (χ0n) is 12.7. The first-order chi connectivity index (χ1) is 10.2. The Bertz CT molecular complexity index is 443. The molecule has 21 heavy (non-hydrogen) atoms. The summed E-state index contributed by atoms with van der Waals surface area (Å²) in [5.41, 5.74) is 0. The zero-order chi connectivity index (χ0) is 14.7. The SMILES string of the molecule is CC(O)C1CCCCN1Cc1noc(C2CCOCC2)n1. The summed E-state index contributed by atoms with van der Waals surface area (Å²) in [7, 11) is 0. The Kier molecular flexibility index (Phi) is 4.87. The smallest absolute Gasteiger partial charge is 0.229 e. The number of likely N-dealkylation sites (tertiary alicyclic amines) is 1. The first-order valence-corrected chi connectivity index (χ1v) is 8.06. The molecule has 3 rings (SSSR count). The van der Waals surface area contributed by atoms with Crippen molar-refractivity contribution in [3.05, 3.63) is 11.7 Å². The van der Waals surface area contributed by atoms with Crippen LogP contribution in [0, 0.1) is 0 Å². The van der Waals surface area contributed by atoms with E-state index in [1.54, 1.807) is 0 Å². The fraction of sp³-hybridized carbons (Fsp3) is 0.867. The molecular weight excluding hydrogens is 270 g/mol. The number of aliphatic hydroxyl groups excluding tert-OH is 1. The standard InChI is InChI=1S/C15H25N3O3/c1-11(19)13-4-2-3-7-18(13)10-14-16-15(21-17-14)12-5-8-20-9-6-12/h11-13,19H,2-10H2,1H3. The number of nitrogens with zero attached hydrogens (tertiary/aromatic N) is 3. The first kappa shape index (κ1) is 14.9. The molecule has 6 heteroatoms. The molecule has 2 fully saturated rings. The summed E-state index contributed by atoms with van der Waals surface area (Å²) in [4.78, 5) is 6.85. The van der Waals surface area contributed by atoms with Crippen molar-refractivity contribution in [2.45, 2.75) is 63.6 Å². The molecule has 118 valence electrons. The highest BCUT2D eigenvalue weighted by Gasteiger charge is 2.28. The average Bonchev–Trinajstić information content (AvgIpc) is 2.97. The third-order valence-corrected chi connectivity index (χ3v) is 4.62. The third kappa shape index (κ3) is 3.62. The minimum absolute atomic E-state index is 0.212. The lowest BCUT2D eigenvalue weighted by Crippen LogP contribution is -2.45. The second-order valence-corrected chi connectivity index (χ2v) is 6.21. The molecule has 0 saturated carbocycles. The normalized spacial score (nSPS) is 26.9. The minimum atomic E-state index is -0.313. The first-order valence-electron chi connectivity index (χ1n) is 8.06. The maximum atomic E-state index is 9.91. The van der Waals surface area contributed by atoms with E-state index < -0.39 is 0 Å². The summed E-state index contributed by atoms with van der Waals surface area (Å²) < 4.78 is 10.8. The lowest BCUT2D eigenvalue weighted by Gasteiger charge is -2.36. The lowest BCUT2D eigenvalue weighted by molar-refractivity contribution is 0.0298. The monoisotopic (exact) mass is 295 g/mol. The number of aliphatic hydroxyl groups is 1. The van der Waals surface area contributed by atoms with Crippen LogP contribution in [0.5, 0.6) is 0 Å². The summed E-state index contributed by atoms with van der Waals surface area (Å²) in [6, 6.07) is 0.212. The molecule has 2 unspecified atom stereocenters. The highest BCUT2D eigenvalue weighted by Crippen LogP contribution is 2.26. The fourth-order valence-corrected chi connectivity index (χ4v) is 3.38. The van der Waals surface area contributed by atoms with Gasteiger partial charge >= 0.3 is 0 Å². The van der Waals surface area contributed by atoms with Gasteiger partial charge < -0.3 is 14.4 Å². The zero-order valence-corrected chi connectivity index (χ0v) is 12.7. The van der Waals surface area contributed by atoms with Gasteiger partial charge in [0.25, 0.3) is 0 Å². The number of hydrogen-bond donors (Lipinski definition) is 1. The van der Waals surface area contributed by atoms with Crippen LogP contribution < -0.4 is 0 Å². The van der Waals surface area contributed by atoms with E-state index in [0.717, 1.165) is 50.7 Å². The van der Waals surface area contributed by atoms with Gasteiger partial charge in [0, 0.05) is 25.2 Å². The Morgan fingerprint density at radius 1 is 1.29 bits per heavy atom. The lowest BCUT2D eigenvalue weighted by atomic mass is 9.98. The van der Waals surface area contributed by atoms with Crippen LogP contribution in [0.3, 0.4) is 0 Å². The number of ether oxygens (including phenoxy) is 1.